The van der Waals surface area contributed by atoms with Crippen molar-refractivity contribution >= 4 is 34.8 Å². The van der Waals surface area contributed by atoms with E-state index in [0.717, 1.165) is 40.8 Å². The van der Waals surface area contributed by atoms with Crippen molar-refractivity contribution < 1.29 is 4.74 Å². The molecule has 1 aromatic heterocycles. The van der Waals surface area contributed by atoms with Crippen LogP contribution in [0.1, 0.15) is 25.3 Å². The van der Waals surface area contributed by atoms with Crippen molar-refractivity contribution in [3.8, 4) is 28.3 Å². The van der Waals surface area contributed by atoms with Gasteiger partial charge in [-0.15, -0.1) is 0 Å². The van der Waals surface area contributed by atoms with Gasteiger partial charge in [-0.05, 0) is 55.3 Å². The quantitative estimate of drug-likeness (QED) is 0.378. The van der Waals surface area contributed by atoms with Crippen molar-refractivity contribution in [3.63, 3.8) is 0 Å². The Morgan fingerprint density at radius 2 is 1.59 bits per heavy atom. The maximum Gasteiger partial charge on any atom is 0.216 e. The third-order valence-corrected chi connectivity index (χ3v) is 5.04. The number of halogens is 3. The molecule has 0 atom stereocenters. The second kappa shape index (κ2) is 8.97. The van der Waals surface area contributed by atoms with Gasteiger partial charge in [-0.3, -0.25) is 0 Å². The predicted molar refractivity (Wildman–Crippen MR) is 115 cm³/mol. The standard InChI is InChI=1S/C22H20Cl3NO/c1-3-4-11-27-22-14(2)12-19(15-5-7-16(23)8-6-15)21(26-22)18-10-9-17(24)13-20(18)25/h5-10,12-13H,3-4,11H2,1-2H3. The van der Waals surface area contributed by atoms with E-state index < -0.39 is 0 Å². The molecule has 3 aromatic rings. The summed E-state index contributed by atoms with van der Waals surface area (Å²) < 4.78 is 5.91. The summed E-state index contributed by atoms with van der Waals surface area (Å²) in [5.74, 6) is 0.627. The number of aromatic nitrogens is 1. The molecule has 0 N–H and O–H groups in total. The average molecular weight is 421 g/mol. The lowest BCUT2D eigenvalue weighted by atomic mass is 9.98. The van der Waals surface area contributed by atoms with E-state index in [2.05, 4.69) is 13.0 Å². The molecule has 0 spiro atoms. The first-order valence-corrected chi connectivity index (χ1v) is 9.98. The Bertz CT molecular complexity index is 939. The van der Waals surface area contributed by atoms with E-state index >= 15 is 0 Å². The lowest BCUT2D eigenvalue weighted by molar-refractivity contribution is 0.296. The van der Waals surface area contributed by atoms with Gasteiger partial charge in [0.25, 0.3) is 0 Å². The number of hydrogen-bond acceptors (Lipinski definition) is 2. The van der Waals surface area contributed by atoms with E-state index in [1.54, 1.807) is 6.07 Å². The van der Waals surface area contributed by atoms with Gasteiger partial charge in [-0.2, -0.15) is 0 Å². The Labute approximate surface area is 175 Å². The second-order valence-corrected chi connectivity index (χ2v) is 7.62. The number of aryl methyl sites for hydroxylation is 1. The van der Waals surface area contributed by atoms with E-state index in [1.807, 2.05) is 43.3 Å². The molecule has 1 heterocycles. The van der Waals surface area contributed by atoms with Gasteiger partial charge in [0.1, 0.15) is 0 Å². The van der Waals surface area contributed by atoms with Crippen molar-refractivity contribution in [1.29, 1.82) is 0 Å². The maximum absolute atomic E-state index is 6.48. The minimum atomic E-state index is 0.550. The second-order valence-electron chi connectivity index (χ2n) is 6.34. The van der Waals surface area contributed by atoms with Gasteiger partial charge >= 0.3 is 0 Å². The van der Waals surface area contributed by atoms with Gasteiger partial charge < -0.3 is 4.74 Å². The Morgan fingerprint density at radius 3 is 2.26 bits per heavy atom. The smallest absolute Gasteiger partial charge is 0.216 e. The summed E-state index contributed by atoms with van der Waals surface area (Å²) in [5, 5.41) is 1.82. The molecular formula is C22H20Cl3NO. The average Bonchev–Trinajstić information content (AvgIpc) is 2.64. The molecule has 5 heteroatoms. The van der Waals surface area contributed by atoms with Gasteiger partial charge in [0.05, 0.1) is 17.3 Å². The van der Waals surface area contributed by atoms with Gasteiger partial charge in [-0.25, -0.2) is 4.98 Å². The first kappa shape index (κ1) is 20.0. The number of rotatable bonds is 6. The minimum absolute atomic E-state index is 0.550. The summed E-state index contributed by atoms with van der Waals surface area (Å²) in [6.07, 6.45) is 2.05. The van der Waals surface area contributed by atoms with E-state index in [1.165, 1.54) is 0 Å². The first-order chi connectivity index (χ1) is 13.0. The summed E-state index contributed by atoms with van der Waals surface area (Å²) in [5.41, 5.74) is 4.53. The lowest BCUT2D eigenvalue weighted by Crippen LogP contribution is -2.03. The molecule has 27 heavy (non-hydrogen) atoms. The Morgan fingerprint density at radius 1 is 0.889 bits per heavy atom. The monoisotopic (exact) mass is 419 g/mol. The third kappa shape index (κ3) is 4.76. The summed E-state index contributed by atoms with van der Waals surface area (Å²) in [4.78, 5) is 4.82. The molecule has 0 bridgehead atoms. The zero-order valence-corrected chi connectivity index (χ0v) is 17.5. The van der Waals surface area contributed by atoms with Crippen LogP contribution in [-0.2, 0) is 0 Å². The topological polar surface area (TPSA) is 22.1 Å². The molecule has 2 nitrogen and oxygen atoms in total. The largest absolute Gasteiger partial charge is 0.477 e. The normalized spacial score (nSPS) is 10.9. The first-order valence-electron chi connectivity index (χ1n) is 8.85. The summed E-state index contributed by atoms with van der Waals surface area (Å²) in [7, 11) is 0. The molecule has 0 radical (unpaired) electrons. The van der Waals surface area contributed by atoms with E-state index in [4.69, 9.17) is 44.5 Å². The van der Waals surface area contributed by atoms with Crippen molar-refractivity contribution in [2.75, 3.05) is 6.61 Å². The zero-order chi connectivity index (χ0) is 19.4. The number of ether oxygens (including phenoxy) is 1. The van der Waals surface area contributed by atoms with E-state index in [9.17, 15) is 0 Å². The predicted octanol–water partition coefficient (Wildman–Crippen LogP) is 7.86. The number of pyridine rings is 1. The summed E-state index contributed by atoms with van der Waals surface area (Å²) in [6, 6.07) is 15.2. The van der Waals surface area contributed by atoms with Gasteiger partial charge in [-0.1, -0.05) is 60.3 Å². The molecule has 0 unspecified atom stereocenters. The van der Waals surface area contributed by atoms with Crippen LogP contribution in [0.3, 0.4) is 0 Å². The van der Waals surface area contributed by atoms with Gasteiger partial charge in [0.2, 0.25) is 5.88 Å². The molecule has 140 valence electrons. The van der Waals surface area contributed by atoms with Gasteiger partial charge in [0.15, 0.2) is 0 Å². The fourth-order valence-electron chi connectivity index (χ4n) is 2.79. The molecule has 0 aliphatic heterocycles. The summed E-state index contributed by atoms with van der Waals surface area (Å²) >= 11 is 18.6. The van der Waals surface area contributed by atoms with Crippen LogP contribution in [0.25, 0.3) is 22.4 Å². The van der Waals surface area contributed by atoms with Crippen molar-refractivity contribution in [1.82, 2.24) is 4.98 Å². The Balaban J connectivity index is 2.16. The van der Waals surface area contributed by atoms with Crippen LogP contribution in [-0.4, -0.2) is 11.6 Å². The van der Waals surface area contributed by atoms with Crippen LogP contribution in [0.4, 0.5) is 0 Å². The Kier molecular flexibility index (Phi) is 6.64. The van der Waals surface area contributed by atoms with Crippen LogP contribution in [0.15, 0.2) is 48.5 Å². The molecule has 0 amide bonds. The van der Waals surface area contributed by atoms with Crippen molar-refractivity contribution in [2.24, 2.45) is 0 Å². The highest BCUT2D eigenvalue weighted by Crippen LogP contribution is 2.38. The Hall–Kier alpha value is -1.74. The molecule has 0 saturated carbocycles. The van der Waals surface area contributed by atoms with Crippen LogP contribution < -0.4 is 4.74 Å². The highest BCUT2D eigenvalue weighted by Gasteiger charge is 2.16. The molecule has 0 fully saturated rings. The SMILES string of the molecule is CCCCOc1nc(-c2ccc(Cl)cc2Cl)c(-c2ccc(Cl)cc2)cc1C. The maximum atomic E-state index is 6.48. The van der Waals surface area contributed by atoms with Crippen LogP contribution in [0.5, 0.6) is 5.88 Å². The van der Waals surface area contributed by atoms with Crippen LogP contribution in [0.2, 0.25) is 15.1 Å². The molecule has 2 aromatic carbocycles. The highest BCUT2D eigenvalue weighted by atomic mass is 35.5. The van der Waals surface area contributed by atoms with Crippen molar-refractivity contribution in [3.05, 3.63) is 69.2 Å². The van der Waals surface area contributed by atoms with Crippen molar-refractivity contribution in [2.45, 2.75) is 26.7 Å². The molecule has 0 saturated heterocycles. The fraction of sp³-hybridized carbons (Fsp3) is 0.227. The lowest BCUT2D eigenvalue weighted by Gasteiger charge is -2.16. The molecule has 0 aliphatic rings. The summed E-state index contributed by atoms with van der Waals surface area (Å²) in [6.45, 7) is 4.77. The zero-order valence-electron chi connectivity index (χ0n) is 15.2. The van der Waals surface area contributed by atoms with E-state index in [0.29, 0.717) is 27.6 Å². The highest BCUT2D eigenvalue weighted by molar-refractivity contribution is 6.36. The minimum Gasteiger partial charge on any atom is -0.477 e. The fourth-order valence-corrected chi connectivity index (χ4v) is 3.42. The molecular weight excluding hydrogens is 401 g/mol. The number of hydrogen-bond donors (Lipinski definition) is 0. The van der Waals surface area contributed by atoms with E-state index in [-0.39, 0.29) is 0 Å². The number of unbranched alkanes of at least 4 members (excludes halogenated alkanes) is 1. The number of nitrogens with zero attached hydrogens (tertiary/aromatic N) is 1. The third-order valence-electron chi connectivity index (χ3n) is 4.24. The molecule has 3 rings (SSSR count). The molecule has 0 aliphatic carbocycles. The van der Waals surface area contributed by atoms with Crippen LogP contribution in [0, 0.1) is 6.92 Å². The van der Waals surface area contributed by atoms with Crippen LogP contribution >= 0.6 is 34.8 Å². The number of benzene rings is 2. The van der Waals surface area contributed by atoms with Gasteiger partial charge in [0, 0.05) is 26.7 Å².